The van der Waals surface area contributed by atoms with Crippen molar-refractivity contribution in [2.75, 3.05) is 7.11 Å². The molecule has 0 unspecified atom stereocenters. The molecule has 0 fully saturated rings. The van der Waals surface area contributed by atoms with Crippen LogP contribution in [0.5, 0.6) is 0 Å². The second-order valence-corrected chi connectivity index (χ2v) is 2.85. The summed E-state index contributed by atoms with van der Waals surface area (Å²) in [4.78, 5) is 9.18. The van der Waals surface area contributed by atoms with Gasteiger partial charge in [-0.2, -0.15) is 5.26 Å². The van der Waals surface area contributed by atoms with E-state index >= 15 is 0 Å². The van der Waals surface area contributed by atoms with Crippen LogP contribution in [0.2, 0.25) is 0 Å². The predicted octanol–water partition coefficient (Wildman–Crippen LogP) is 1.53. The Kier molecular flexibility index (Phi) is 8.39. The highest BCUT2D eigenvalue weighted by molar-refractivity contribution is 5.52. The standard InChI is InChI=1S/C5H12O.C3H3NO/c1-5(2,3)6-4;4-2-1-3-5/h1-4H3;3H,1H2. The van der Waals surface area contributed by atoms with Gasteiger partial charge in [-0.15, -0.1) is 0 Å². The molecule has 0 aliphatic heterocycles. The lowest BCUT2D eigenvalue weighted by Crippen LogP contribution is -2.15. The number of hydrogen-bond donors (Lipinski definition) is 0. The summed E-state index contributed by atoms with van der Waals surface area (Å²) < 4.78 is 4.94. The number of carbonyl (C=O) groups excluding carboxylic acids is 1. The minimum Gasteiger partial charge on any atom is -0.379 e. The summed E-state index contributed by atoms with van der Waals surface area (Å²) in [5.74, 6) is 0. The molecular formula is C8H15NO2. The van der Waals surface area contributed by atoms with Gasteiger partial charge in [0.2, 0.25) is 0 Å². The van der Waals surface area contributed by atoms with Crippen LogP contribution in [0.4, 0.5) is 0 Å². The number of methoxy groups -OCH3 is 1. The Balaban J connectivity index is 0. The van der Waals surface area contributed by atoms with Gasteiger partial charge < -0.3 is 9.53 Å². The fourth-order valence-corrected chi connectivity index (χ4v) is 0.0373. The van der Waals surface area contributed by atoms with Gasteiger partial charge in [0.25, 0.3) is 0 Å². The van der Waals surface area contributed by atoms with Crippen molar-refractivity contribution in [3.05, 3.63) is 0 Å². The van der Waals surface area contributed by atoms with Gasteiger partial charge >= 0.3 is 0 Å². The minimum atomic E-state index is 0.0139. The lowest BCUT2D eigenvalue weighted by Gasteiger charge is -2.14. The largest absolute Gasteiger partial charge is 0.379 e. The molecule has 0 saturated carbocycles. The zero-order valence-corrected chi connectivity index (χ0v) is 7.55. The van der Waals surface area contributed by atoms with Crippen LogP contribution in [0.1, 0.15) is 27.2 Å². The summed E-state index contributed by atoms with van der Waals surface area (Å²) in [6, 6.07) is 1.65. The Bertz CT molecular complexity index is 130. The molecule has 0 amide bonds. The molecule has 0 radical (unpaired) electrons. The number of hydrogen-bond acceptors (Lipinski definition) is 3. The van der Waals surface area contributed by atoms with Crippen LogP contribution in [0.15, 0.2) is 0 Å². The first kappa shape index (κ1) is 12.8. The molecule has 0 aliphatic rings. The van der Waals surface area contributed by atoms with Gasteiger partial charge in [-0.3, -0.25) is 0 Å². The Morgan fingerprint density at radius 3 is 1.91 bits per heavy atom. The number of rotatable bonds is 1. The third-order valence-corrected chi connectivity index (χ3v) is 0.787. The molecule has 64 valence electrons. The summed E-state index contributed by atoms with van der Waals surface area (Å²) in [6.07, 6.45) is 0.583. The van der Waals surface area contributed by atoms with Gasteiger partial charge in [0.15, 0.2) is 0 Å². The van der Waals surface area contributed by atoms with Crippen LogP contribution < -0.4 is 0 Å². The lowest BCUT2D eigenvalue weighted by atomic mass is 10.2. The first-order chi connectivity index (χ1) is 4.97. The quantitative estimate of drug-likeness (QED) is 0.542. The maximum Gasteiger partial charge on any atom is 0.134 e. The molecule has 0 aliphatic carbocycles. The van der Waals surface area contributed by atoms with E-state index in [0.717, 1.165) is 0 Å². The van der Waals surface area contributed by atoms with E-state index in [1.807, 2.05) is 20.8 Å². The average Bonchev–Trinajstić information content (AvgIpc) is 1.90. The van der Waals surface area contributed by atoms with Gasteiger partial charge in [0.1, 0.15) is 6.29 Å². The molecule has 0 heterocycles. The van der Waals surface area contributed by atoms with E-state index in [0.29, 0.717) is 6.29 Å². The van der Waals surface area contributed by atoms with Crippen molar-refractivity contribution in [2.24, 2.45) is 0 Å². The molecule has 0 bridgehead atoms. The maximum atomic E-state index is 9.18. The zero-order valence-electron chi connectivity index (χ0n) is 7.55. The third kappa shape index (κ3) is 27.2. The molecule has 0 N–H and O–H groups in total. The van der Waals surface area contributed by atoms with Gasteiger partial charge in [-0.25, -0.2) is 0 Å². The van der Waals surface area contributed by atoms with Crippen molar-refractivity contribution in [1.82, 2.24) is 0 Å². The molecule has 0 aromatic carbocycles. The van der Waals surface area contributed by atoms with E-state index < -0.39 is 0 Å². The van der Waals surface area contributed by atoms with E-state index in [2.05, 4.69) is 0 Å². The summed E-state index contributed by atoms with van der Waals surface area (Å²) in [7, 11) is 1.71. The fourth-order valence-electron chi connectivity index (χ4n) is 0.0373. The number of nitriles is 1. The summed E-state index contributed by atoms with van der Waals surface area (Å²) in [5, 5.41) is 7.58. The van der Waals surface area contributed by atoms with Crippen LogP contribution in [0, 0.1) is 11.3 Å². The fraction of sp³-hybridized carbons (Fsp3) is 0.750. The van der Waals surface area contributed by atoms with Gasteiger partial charge in [0.05, 0.1) is 18.1 Å². The molecule has 3 heteroatoms. The first-order valence-corrected chi connectivity index (χ1v) is 3.33. The van der Waals surface area contributed by atoms with Gasteiger partial charge in [-0.1, -0.05) is 0 Å². The Hall–Kier alpha value is -0.880. The number of nitrogens with zero attached hydrogens (tertiary/aromatic N) is 1. The van der Waals surface area contributed by atoms with Crippen LogP contribution >= 0.6 is 0 Å². The number of carbonyl (C=O) groups is 1. The SMILES string of the molecule is COC(C)(C)C.N#CCC=O. The molecule has 0 aromatic heterocycles. The predicted molar refractivity (Wildman–Crippen MR) is 43.1 cm³/mol. The summed E-state index contributed by atoms with van der Waals surface area (Å²) in [6.45, 7) is 6.06. The molecule has 0 aromatic rings. The molecule has 0 atom stereocenters. The summed E-state index contributed by atoms with van der Waals surface area (Å²) >= 11 is 0. The molecular weight excluding hydrogens is 142 g/mol. The second kappa shape index (κ2) is 7.23. The van der Waals surface area contributed by atoms with Crippen molar-refractivity contribution >= 4 is 6.29 Å². The Morgan fingerprint density at radius 2 is 1.91 bits per heavy atom. The highest BCUT2D eigenvalue weighted by Gasteiger charge is 2.03. The van der Waals surface area contributed by atoms with Crippen molar-refractivity contribution in [3.63, 3.8) is 0 Å². The monoisotopic (exact) mass is 157 g/mol. The molecule has 0 spiro atoms. The highest BCUT2D eigenvalue weighted by atomic mass is 16.5. The molecule has 3 nitrogen and oxygen atoms in total. The van der Waals surface area contributed by atoms with Crippen molar-refractivity contribution < 1.29 is 9.53 Å². The van der Waals surface area contributed by atoms with Crippen LogP contribution in [0.3, 0.4) is 0 Å². The second-order valence-electron chi connectivity index (χ2n) is 2.85. The topological polar surface area (TPSA) is 50.1 Å². The zero-order chi connectivity index (χ0) is 9.33. The van der Waals surface area contributed by atoms with Gasteiger partial charge in [-0.05, 0) is 20.8 Å². The minimum absolute atomic E-state index is 0.0139. The third-order valence-electron chi connectivity index (χ3n) is 0.787. The van der Waals surface area contributed by atoms with E-state index in [9.17, 15) is 4.79 Å². The average molecular weight is 157 g/mol. The van der Waals surface area contributed by atoms with Crippen LogP contribution in [0.25, 0.3) is 0 Å². The van der Waals surface area contributed by atoms with E-state index in [1.54, 1.807) is 13.2 Å². The Morgan fingerprint density at radius 1 is 1.55 bits per heavy atom. The van der Waals surface area contributed by atoms with Gasteiger partial charge in [0, 0.05) is 7.11 Å². The van der Waals surface area contributed by atoms with E-state index in [4.69, 9.17) is 10.00 Å². The lowest BCUT2D eigenvalue weighted by molar-refractivity contribution is -0.107. The smallest absolute Gasteiger partial charge is 0.134 e. The maximum absolute atomic E-state index is 9.18. The molecule has 0 rings (SSSR count). The van der Waals surface area contributed by atoms with Crippen molar-refractivity contribution in [2.45, 2.75) is 32.8 Å². The summed E-state index contributed by atoms with van der Waals surface area (Å²) in [5.41, 5.74) is 0.0417. The highest BCUT2D eigenvalue weighted by Crippen LogP contribution is 2.02. The Labute approximate surface area is 68.0 Å². The van der Waals surface area contributed by atoms with E-state index in [1.165, 1.54) is 0 Å². The van der Waals surface area contributed by atoms with Crippen LogP contribution in [-0.4, -0.2) is 19.0 Å². The normalized spacial score (nSPS) is 9.00. The van der Waals surface area contributed by atoms with Crippen molar-refractivity contribution in [1.29, 1.82) is 5.26 Å². The first-order valence-electron chi connectivity index (χ1n) is 3.33. The van der Waals surface area contributed by atoms with Crippen LogP contribution in [-0.2, 0) is 9.53 Å². The van der Waals surface area contributed by atoms with Crippen molar-refractivity contribution in [3.8, 4) is 6.07 Å². The van der Waals surface area contributed by atoms with E-state index in [-0.39, 0.29) is 12.0 Å². The number of aldehydes is 1. The molecule has 11 heavy (non-hydrogen) atoms. The molecule has 0 saturated heterocycles. The number of ether oxygens (including phenoxy) is 1.